The van der Waals surface area contributed by atoms with Gasteiger partial charge in [0.05, 0.1) is 0 Å². The first kappa shape index (κ1) is 16.4. The van der Waals surface area contributed by atoms with Crippen molar-refractivity contribution in [1.29, 1.82) is 0 Å². The number of hydrogen-bond acceptors (Lipinski definition) is 5. The van der Waals surface area contributed by atoms with Gasteiger partial charge in [0.15, 0.2) is 11.5 Å². The lowest BCUT2D eigenvalue weighted by Gasteiger charge is -2.09. The molecule has 1 aromatic carbocycles. The minimum Gasteiger partial charge on any atom is -0.348 e. The molecule has 0 atom stereocenters. The van der Waals surface area contributed by atoms with E-state index in [1.54, 1.807) is 24.3 Å². The summed E-state index contributed by atoms with van der Waals surface area (Å²) in [4.78, 5) is 22.7. The summed E-state index contributed by atoms with van der Waals surface area (Å²) < 4.78 is 0. The maximum absolute atomic E-state index is 11.8. The van der Waals surface area contributed by atoms with E-state index in [9.17, 15) is 9.59 Å². The van der Waals surface area contributed by atoms with Crippen molar-refractivity contribution < 1.29 is 9.59 Å². The average molecular weight is 313 g/mol. The minimum absolute atomic E-state index is 0.0456. The summed E-state index contributed by atoms with van der Waals surface area (Å²) in [5, 5.41) is 16.4. The molecule has 0 aliphatic heterocycles. The van der Waals surface area contributed by atoms with E-state index in [4.69, 9.17) is 0 Å². The van der Waals surface area contributed by atoms with E-state index in [1.807, 2.05) is 26.0 Å². The molecule has 0 unspecified atom stereocenters. The van der Waals surface area contributed by atoms with E-state index in [0.29, 0.717) is 5.82 Å². The normalized spacial score (nSPS) is 10.3. The lowest BCUT2D eigenvalue weighted by molar-refractivity contribution is -0.114. The highest BCUT2D eigenvalue weighted by Crippen LogP contribution is 2.17. The molecule has 2 amide bonds. The van der Waals surface area contributed by atoms with Gasteiger partial charge in [-0.3, -0.25) is 9.59 Å². The number of nitrogens with one attached hydrogen (secondary N) is 3. The Labute approximate surface area is 134 Å². The Balaban J connectivity index is 2.00. The van der Waals surface area contributed by atoms with Crippen LogP contribution in [0.1, 0.15) is 31.3 Å². The fraction of sp³-hybridized carbons (Fsp3) is 0.250. The summed E-state index contributed by atoms with van der Waals surface area (Å²) in [6.45, 7) is 5.22. The smallest absolute Gasteiger partial charge is 0.271 e. The molecule has 1 aromatic heterocycles. The molecule has 0 radical (unpaired) electrons. The topological polar surface area (TPSA) is 96.0 Å². The third-order valence-electron chi connectivity index (χ3n) is 2.79. The Morgan fingerprint density at radius 1 is 0.957 bits per heavy atom. The van der Waals surface area contributed by atoms with Crippen LogP contribution in [0.2, 0.25) is 0 Å². The van der Waals surface area contributed by atoms with E-state index in [0.717, 1.165) is 11.4 Å². The maximum atomic E-state index is 11.8. The summed E-state index contributed by atoms with van der Waals surface area (Å²) in [5.74, 6) is 0.156. The van der Waals surface area contributed by atoms with Crippen molar-refractivity contribution in [1.82, 2.24) is 15.5 Å². The van der Waals surface area contributed by atoms with Crippen molar-refractivity contribution in [2.45, 2.75) is 26.8 Å². The molecule has 0 aliphatic carbocycles. The van der Waals surface area contributed by atoms with Gasteiger partial charge in [0.2, 0.25) is 5.91 Å². The number of carbonyl (C=O) groups excluding carboxylic acids is 2. The SMILES string of the molecule is CC(=O)Nc1ccc(Nc2ccc(C(=O)NC(C)C)nn2)cc1. The first-order chi connectivity index (χ1) is 10.9. The first-order valence-corrected chi connectivity index (χ1v) is 7.23. The van der Waals surface area contributed by atoms with Gasteiger partial charge in [0, 0.05) is 24.3 Å². The van der Waals surface area contributed by atoms with Crippen LogP contribution in [0, 0.1) is 0 Å². The number of nitrogens with zero attached hydrogens (tertiary/aromatic N) is 2. The van der Waals surface area contributed by atoms with Gasteiger partial charge < -0.3 is 16.0 Å². The monoisotopic (exact) mass is 313 g/mol. The summed E-state index contributed by atoms with van der Waals surface area (Å²) in [7, 11) is 0. The van der Waals surface area contributed by atoms with E-state index in [2.05, 4.69) is 26.1 Å². The number of benzene rings is 1. The Hall–Kier alpha value is -2.96. The molecule has 120 valence electrons. The molecule has 0 bridgehead atoms. The van der Waals surface area contributed by atoms with E-state index >= 15 is 0 Å². The van der Waals surface area contributed by atoms with Crippen molar-refractivity contribution >= 4 is 29.0 Å². The largest absolute Gasteiger partial charge is 0.348 e. The molecule has 0 fully saturated rings. The Bertz CT molecular complexity index is 681. The molecule has 2 aromatic rings. The Kier molecular flexibility index (Phi) is 5.24. The van der Waals surface area contributed by atoms with Gasteiger partial charge in [0.1, 0.15) is 0 Å². The standard InChI is InChI=1S/C16H19N5O2/c1-10(2)17-16(23)14-8-9-15(21-20-14)19-13-6-4-12(5-7-13)18-11(3)22/h4-10H,1-3H3,(H,17,23)(H,18,22)(H,19,21). The predicted molar refractivity (Wildman–Crippen MR) is 88.7 cm³/mol. The van der Waals surface area contributed by atoms with Crippen LogP contribution in [-0.2, 0) is 4.79 Å². The van der Waals surface area contributed by atoms with Crippen molar-refractivity contribution in [2.75, 3.05) is 10.6 Å². The molecule has 3 N–H and O–H groups in total. The number of carbonyl (C=O) groups is 2. The summed E-state index contributed by atoms with van der Waals surface area (Å²) in [5.41, 5.74) is 1.79. The predicted octanol–water partition coefficient (Wildman–Crippen LogP) is 2.32. The lowest BCUT2D eigenvalue weighted by Crippen LogP contribution is -2.30. The van der Waals surface area contributed by atoms with Gasteiger partial charge in [-0.1, -0.05) is 0 Å². The second kappa shape index (κ2) is 7.35. The second-order valence-corrected chi connectivity index (χ2v) is 5.32. The molecular weight excluding hydrogens is 294 g/mol. The van der Waals surface area contributed by atoms with Crippen LogP contribution in [0.3, 0.4) is 0 Å². The zero-order valence-corrected chi connectivity index (χ0v) is 13.3. The van der Waals surface area contributed by atoms with Crippen molar-refractivity contribution in [3.8, 4) is 0 Å². The van der Waals surface area contributed by atoms with Crippen LogP contribution in [0.5, 0.6) is 0 Å². The van der Waals surface area contributed by atoms with Gasteiger partial charge in [-0.05, 0) is 50.2 Å². The third kappa shape index (κ3) is 5.06. The molecule has 2 rings (SSSR count). The van der Waals surface area contributed by atoms with Crippen molar-refractivity contribution in [3.63, 3.8) is 0 Å². The summed E-state index contributed by atoms with van der Waals surface area (Å²) in [6.07, 6.45) is 0. The van der Waals surface area contributed by atoms with Gasteiger partial charge in [-0.15, -0.1) is 10.2 Å². The lowest BCUT2D eigenvalue weighted by atomic mass is 10.2. The fourth-order valence-corrected chi connectivity index (χ4v) is 1.84. The van der Waals surface area contributed by atoms with Crippen LogP contribution < -0.4 is 16.0 Å². The van der Waals surface area contributed by atoms with E-state index < -0.39 is 0 Å². The van der Waals surface area contributed by atoms with Crippen molar-refractivity contribution in [2.24, 2.45) is 0 Å². The van der Waals surface area contributed by atoms with Crippen molar-refractivity contribution in [3.05, 3.63) is 42.1 Å². The van der Waals surface area contributed by atoms with Crippen LogP contribution in [0.4, 0.5) is 17.2 Å². The Morgan fingerprint density at radius 2 is 1.61 bits per heavy atom. The first-order valence-electron chi connectivity index (χ1n) is 7.23. The Morgan fingerprint density at radius 3 is 2.13 bits per heavy atom. The second-order valence-electron chi connectivity index (χ2n) is 5.32. The van der Waals surface area contributed by atoms with Crippen LogP contribution in [-0.4, -0.2) is 28.1 Å². The van der Waals surface area contributed by atoms with Crippen LogP contribution >= 0.6 is 0 Å². The van der Waals surface area contributed by atoms with Gasteiger partial charge >= 0.3 is 0 Å². The number of hydrogen-bond donors (Lipinski definition) is 3. The molecule has 1 heterocycles. The number of rotatable bonds is 5. The third-order valence-corrected chi connectivity index (χ3v) is 2.79. The van der Waals surface area contributed by atoms with Gasteiger partial charge in [-0.2, -0.15) is 0 Å². The van der Waals surface area contributed by atoms with E-state index in [-0.39, 0.29) is 23.6 Å². The quantitative estimate of drug-likeness (QED) is 0.787. The molecule has 0 spiro atoms. The van der Waals surface area contributed by atoms with Crippen LogP contribution in [0.25, 0.3) is 0 Å². The minimum atomic E-state index is -0.251. The maximum Gasteiger partial charge on any atom is 0.271 e. The number of amides is 2. The summed E-state index contributed by atoms with van der Waals surface area (Å²) in [6, 6.07) is 10.5. The highest BCUT2D eigenvalue weighted by molar-refractivity contribution is 5.92. The zero-order chi connectivity index (χ0) is 16.8. The number of anilines is 3. The average Bonchev–Trinajstić information content (AvgIpc) is 2.49. The molecule has 0 saturated heterocycles. The molecule has 0 aliphatic rings. The fourth-order valence-electron chi connectivity index (χ4n) is 1.84. The highest BCUT2D eigenvalue weighted by atomic mass is 16.2. The molecule has 7 heteroatoms. The summed E-state index contributed by atoms with van der Waals surface area (Å²) >= 11 is 0. The zero-order valence-electron chi connectivity index (χ0n) is 13.3. The number of aromatic nitrogens is 2. The molecular formula is C16H19N5O2. The highest BCUT2D eigenvalue weighted by Gasteiger charge is 2.09. The van der Waals surface area contributed by atoms with Crippen LogP contribution in [0.15, 0.2) is 36.4 Å². The van der Waals surface area contributed by atoms with Gasteiger partial charge in [0.25, 0.3) is 5.91 Å². The van der Waals surface area contributed by atoms with Gasteiger partial charge in [-0.25, -0.2) is 0 Å². The van der Waals surface area contributed by atoms with E-state index in [1.165, 1.54) is 6.92 Å². The molecule has 7 nitrogen and oxygen atoms in total. The molecule has 0 saturated carbocycles. The molecule has 23 heavy (non-hydrogen) atoms.